The lowest BCUT2D eigenvalue weighted by atomic mass is 9.78. The Hall–Kier alpha value is -0.730. The molecule has 0 aromatic carbocycles. The molecule has 0 spiro atoms. The van der Waals surface area contributed by atoms with E-state index in [0.717, 1.165) is 96.6 Å². The number of methoxy groups -OCH3 is 1. The van der Waals surface area contributed by atoms with Gasteiger partial charge in [0, 0.05) is 58.3 Å². The average Bonchev–Trinajstić information content (AvgIpc) is 3.30. The van der Waals surface area contributed by atoms with Crippen LogP contribution in [-0.4, -0.2) is 102 Å². The number of carbonyl (C=O) groups is 1. The third-order valence-electron chi connectivity index (χ3n) is 9.35. The summed E-state index contributed by atoms with van der Waals surface area (Å²) in [4.78, 5) is 19.8. The van der Waals surface area contributed by atoms with Gasteiger partial charge in [-0.2, -0.15) is 0 Å². The van der Waals surface area contributed by atoms with Crippen molar-refractivity contribution in [1.29, 1.82) is 0 Å². The van der Waals surface area contributed by atoms with Gasteiger partial charge >= 0.3 is 0 Å². The van der Waals surface area contributed by atoms with Crippen LogP contribution in [0.5, 0.6) is 0 Å². The number of piperazine rings is 1. The van der Waals surface area contributed by atoms with Gasteiger partial charge in [-0.05, 0) is 82.0 Å². The van der Waals surface area contributed by atoms with Crippen molar-refractivity contribution in [2.24, 2.45) is 23.7 Å². The highest BCUT2D eigenvalue weighted by atomic mass is 16.5. The molecule has 34 heavy (non-hydrogen) atoms. The summed E-state index contributed by atoms with van der Waals surface area (Å²) >= 11 is 0. The molecule has 1 amide bonds. The number of β-amino-alcohol motifs (C(OH)–C–C–N with tert-alkyl or cyclic N) is 1. The first-order valence-electron chi connectivity index (χ1n) is 14.1. The van der Waals surface area contributed by atoms with Crippen LogP contribution in [0.4, 0.5) is 0 Å². The summed E-state index contributed by atoms with van der Waals surface area (Å²) in [6.45, 7) is 8.10. The molecule has 2 N–H and O–H groups in total. The third-order valence-corrected chi connectivity index (χ3v) is 9.35. The summed E-state index contributed by atoms with van der Waals surface area (Å²) in [5.74, 6) is 2.45. The predicted molar refractivity (Wildman–Crippen MR) is 133 cm³/mol. The lowest BCUT2D eigenvalue weighted by Crippen LogP contribution is -2.54. The smallest absolute Gasteiger partial charge is 0.225 e. The normalized spacial score (nSPS) is 35.9. The van der Waals surface area contributed by atoms with Gasteiger partial charge in [0.2, 0.25) is 5.91 Å². The number of ether oxygens (including phenoxy) is 1. The maximum Gasteiger partial charge on any atom is 0.225 e. The minimum Gasteiger partial charge on any atom is -0.392 e. The Labute approximate surface area is 206 Å². The van der Waals surface area contributed by atoms with Gasteiger partial charge in [-0.3, -0.25) is 14.6 Å². The molecule has 0 aromatic rings. The van der Waals surface area contributed by atoms with E-state index in [1.165, 1.54) is 12.8 Å². The van der Waals surface area contributed by atoms with Gasteiger partial charge in [-0.15, -0.1) is 0 Å². The highest BCUT2D eigenvalue weighted by Crippen LogP contribution is 2.36. The zero-order chi connectivity index (χ0) is 24.1. The van der Waals surface area contributed by atoms with Crippen molar-refractivity contribution in [3.05, 3.63) is 0 Å². The summed E-state index contributed by atoms with van der Waals surface area (Å²) in [5.41, 5.74) is 0. The summed E-state index contributed by atoms with van der Waals surface area (Å²) in [7, 11) is 1.80. The van der Waals surface area contributed by atoms with Crippen LogP contribution in [0.15, 0.2) is 0 Å². The van der Waals surface area contributed by atoms with Crippen LogP contribution >= 0.6 is 0 Å². The monoisotopic (exact) mass is 479 g/mol. The minimum atomic E-state index is -0.397. The number of hydrogen-bond acceptors (Lipinski definition) is 6. The second kappa shape index (κ2) is 12.5. The Bertz CT molecular complexity index is 625. The largest absolute Gasteiger partial charge is 0.392 e. The van der Waals surface area contributed by atoms with Crippen LogP contribution in [0.3, 0.4) is 0 Å². The SMILES string of the molecule is COCC(CC1CCC(C(O)N2CCC(O)C2)CC1)N1CCN(C(=O)C2CCC(C)CC2)CC1. The van der Waals surface area contributed by atoms with Crippen LogP contribution < -0.4 is 0 Å². The summed E-state index contributed by atoms with van der Waals surface area (Å²) in [6.07, 6.45) is 10.3. The van der Waals surface area contributed by atoms with Crippen molar-refractivity contribution in [3.63, 3.8) is 0 Å². The third kappa shape index (κ3) is 6.73. The first-order chi connectivity index (χ1) is 16.4. The first kappa shape index (κ1) is 26.3. The number of nitrogens with zero attached hydrogens (tertiary/aromatic N) is 3. The van der Waals surface area contributed by atoms with Gasteiger partial charge in [0.25, 0.3) is 0 Å². The van der Waals surface area contributed by atoms with Crippen molar-refractivity contribution in [2.45, 2.75) is 89.5 Å². The molecule has 2 saturated heterocycles. The predicted octanol–water partition coefficient (Wildman–Crippen LogP) is 2.55. The van der Waals surface area contributed by atoms with Crippen LogP contribution in [0.1, 0.15) is 71.1 Å². The molecule has 196 valence electrons. The summed E-state index contributed by atoms with van der Waals surface area (Å²) in [5, 5.41) is 20.6. The van der Waals surface area contributed by atoms with Gasteiger partial charge in [-0.25, -0.2) is 0 Å². The molecular formula is C27H49N3O4. The van der Waals surface area contributed by atoms with Crippen LogP contribution in [-0.2, 0) is 9.53 Å². The summed E-state index contributed by atoms with van der Waals surface area (Å²) < 4.78 is 5.62. The molecule has 2 aliphatic heterocycles. The molecule has 7 nitrogen and oxygen atoms in total. The maximum atomic E-state index is 13.0. The fourth-order valence-electron chi connectivity index (χ4n) is 7.00. The van der Waals surface area contributed by atoms with E-state index in [-0.39, 0.29) is 12.0 Å². The number of rotatable bonds is 8. The van der Waals surface area contributed by atoms with Gasteiger partial charge in [0.15, 0.2) is 0 Å². The van der Waals surface area contributed by atoms with Crippen molar-refractivity contribution in [2.75, 3.05) is 53.0 Å². The van der Waals surface area contributed by atoms with E-state index in [1.807, 2.05) is 0 Å². The Morgan fingerprint density at radius 1 is 0.912 bits per heavy atom. The van der Waals surface area contributed by atoms with Crippen LogP contribution in [0.25, 0.3) is 0 Å². The molecule has 2 heterocycles. The Morgan fingerprint density at radius 2 is 1.59 bits per heavy atom. The maximum absolute atomic E-state index is 13.0. The number of aliphatic hydroxyl groups is 2. The molecule has 2 saturated carbocycles. The fraction of sp³-hybridized carbons (Fsp3) is 0.963. The molecule has 3 unspecified atom stereocenters. The van der Waals surface area contributed by atoms with E-state index in [0.29, 0.717) is 30.3 Å². The van der Waals surface area contributed by atoms with Crippen LogP contribution in [0, 0.1) is 23.7 Å². The molecule has 4 aliphatic rings. The lowest BCUT2D eigenvalue weighted by Gasteiger charge is -2.42. The van der Waals surface area contributed by atoms with Gasteiger partial charge in [0.1, 0.15) is 6.23 Å². The Kier molecular flexibility index (Phi) is 9.67. The molecular weight excluding hydrogens is 430 g/mol. The van der Waals surface area contributed by atoms with E-state index in [2.05, 4.69) is 21.6 Å². The van der Waals surface area contributed by atoms with Crippen molar-refractivity contribution < 1.29 is 19.7 Å². The van der Waals surface area contributed by atoms with Gasteiger partial charge in [0.05, 0.1) is 12.7 Å². The number of hydrogen-bond donors (Lipinski definition) is 2. The van der Waals surface area contributed by atoms with E-state index in [1.54, 1.807) is 7.11 Å². The molecule has 3 atom stereocenters. The Morgan fingerprint density at radius 3 is 2.18 bits per heavy atom. The molecule has 0 bridgehead atoms. The van der Waals surface area contributed by atoms with E-state index < -0.39 is 6.23 Å². The summed E-state index contributed by atoms with van der Waals surface area (Å²) in [6, 6.07) is 0.415. The van der Waals surface area contributed by atoms with Gasteiger partial charge in [-0.1, -0.05) is 6.92 Å². The molecule has 0 aromatic heterocycles. The number of aliphatic hydroxyl groups excluding tert-OH is 2. The molecule has 0 radical (unpaired) electrons. The van der Waals surface area contributed by atoms with E-state index in [9.17, 15) is 15.0 Å². The molecule has 2 aliphatic carbocycles. The zero-order valence-corrected chi connectivity index (χ0v) is 21.6. The van der Waals surface area contributed by atoms with Crippen LogP contribution in [0.2, 0.25) is 0 Å². The lowest BCUT2D eigenvalue weighted by molar-refractivity contribution is -0.139. The average molecular weight is 480 g/mol. The highest BCUT2D eigenvalue weighted by molar-refractivity contribution is 5.79. The fourth-order valence-corrected chi connectivity index (χ4v) is 7.00. The first-order valence-corrected chi connectivity index (χ1v) is 14.1. The minimum absolute atomic E-state index is 0.256. The molecule has 7 heteroatoms. The molecule has 4 fully saturated rings. The standard InChI is InChI=1S/C27H49N3O4/c1-20-3-7-22(8-4-20)26(32)29-15-13-28(14-16-29)24(19-34-2)17-21-5-9-23(10-6-21)27(33)30-12-11-25(31)18-30/h20-25,27,31,33H,3-19H2,1-2H3. The number of likely N-dealkylation sites (tertiary alicyclic amines) is 1. The van der Waals surface area contributed by atoms with E-state index >= 15 is 0 Å². The van der Waals surface area contributed by atoms with Crippen molar-refractivity contribution in [3.8, 4) is 0 Å². The topological polar surface area (TPSA) is 76.5 Å². The van der Waals surface area contributed by atoms with Crippen molar-refractivity contribution in [1.82, 2.24) is 14.7 Å². The molecule has 4 rings (SSSR count). The van der Waals surface area contributed by atoms with Crippen molar-refractivity contribution >= 4 is 5.91 Å². The Balaban J connectivity index is 1.21. The van der Waals surface area contributed by atoms with E-state index in [4.69, 9.17) is 4.74 Å². The number of amides is 1. The van der Waals surface area contributed by atoms with Gasteiger partial charge < -0.3 is 19.8 Å². The second-order valence-electron chi connectivity index (χ2n) is 11.8. The second-order valence-corrected chi connectivity index (χ2v) is 11.8. The zero-order valence-electron chi connectivity index (χ0n) is 21.6. The highest BCUT2D eigenvalue weighted by Gasteiger charge is 2.36. The number of carbonyl (C=O) groups excluding carboxylic acids is 1. The quantitative estimate of drug-likeness (QED) is 0.557.